The van der Waals surface area contributed by atoms with Crippen LogP contribution < -0.4 is 0 Å². The second kappa shape index (κ2) is 14.0. The quantitative estimate of drug-likeness (QED) is 0.279. The number of benzene rings is 1. The van der Waals surface area contributed by atoms with Gasteiger partial charge in [-0.3, -0.25) is 0 Å². The molecule has 3 atom stereocenters. The van der Waals surface area contributed by atoms with E-state index in [1.54, 1.807) is 6.07 Å². The van der Waals surface area contributed by atoms with E-state index in [9.17, 15) is 10.2 Å². The summed E-state index contributed by atoms with van der Waals surface area (Å²) >= 11 is 0. The van der Waals surface area contributed by atoms with Gasteiger partial charge in [0.1, 0.15) is 11.5 Å². The van der Waals surface area contributed by atoms with Crippen molar-refractivity contribution in [2.24, 2.45) is 23.7 Å². The molecule has 0 aliphatic rings. The van der Waals surface area contributed by atoms with Crippen LogP contribution in [0.2, 0.25) is 0 Å². The number of aromatic hydroxyl groups is 2. The molecule has 0 radical (unpaired) electrons. The first-order chi connectivity index (χ1) is 14.1. The van der Waals surface area contributed by atoms with E-state index < -0.39 is 0 Å². The molecule has 2 unspecified atom stereocenters. The van der Waals surface area contributed by atoms with Gasteiger partial charge >= 0.3 is 0 Å². The highest BCUT2D eigenvalue weighted by Crippen LogP contribution is 2.33. The third kappa shape index (κ3) is 10.2. The Kier molecular flexibility index (Phi) is 12.5. The maximum Gasteiger partial charge on any atom is 0.122 e. The average Bonchev–Trinajstić information content (AvgIpc) is 2.67. The Balaban J connectivity index is 2.18. The number of hydrogen-bond acceptors (Lipinski definition) is 2. The smallest absolute Gasteiger partial charge is 0.122 e. The fraction of sp³-hybridized carbons (Fsp3) is 0.786. The molecule has 0 aliphatic heterocycles. The van der Waals surface area contributed by atoms with Gasteiger partial charge in [0.2, 0.25) is 0 Å². The molecule has 0 aliphatic carbocycles. The molecule has 0 spiro atoms. The summed E-state index contributed by atoms with van der Waals surface area (Å²) in [7, 11) is 0. The lowest BCUT2D eigenvalue weighted by Gasteiger charge is -2.17. The van der Waals surface area contributed by atoms with Crippen molar-refractivity contribution in [2.45, 2.75) is 119 Å². The molecule has 0 bridgehead atoms. The van der Waals surface area contributed by atoms with E-state index in [0.717, 1.165) is 47.3 Å². The van der Waals surface area contributed by atoms with Crippen molar-refractivity contribution in [3.8, 4) is 11.5 Å². The van der Waals surface area contributed by atoms with Gasteiger partial charge in [0.25, 0.3) is 0 Å². The Morgan fingerprint density at radius 1 is 0.633 bits per heavy atom. The van der Waals surface area contributed by atoms with Crippen molar-refractivity contribution < 1.29 is 10.2 Å². The van der Waals surface area contributed by atoms with Crippen molar-refractivity contribution in [3.05, 3.63) is 22.8 Å². The molecule has 30 heavy (non-hydrogen) atoms. The molecule has 0 saturated heterocycles. The largest absolute Gasteiger partial charge is 0.508 e. The van der Waals surface area contributed by atoms with Crippen LogP contribution in [0.15, 0.2) is 6.07 Å². The highest BCUT2D eigenvalue weighted by molar-refractivity contribution is 5.51. The van der Waals surface area contributed by atoms with Gasteiger partial charge in [-0.05, 0) is 73.1 Å². The highest BCUT2D eigenvalue weighted by atomic mass is 16.3. The highest BCUT2D eigenvalue weighted by Gasteiger charge is 2.13. The summed E-state index contributed by atoms with van der Waals surface area (Å²) < 4.78 is 0. The van der Waals surface area contributed by atoms with Crippen LogP contribution in [0.25, 0.3) is 0 Å². The van der Waals surface area contributed by atoms with E-state index in [1.165, 1.54) is 57.8 Å². The standard InChI is InChI=1S/C28H50O2/c1-20(2)11-8-12-21(3)13-9-14-22(4)15-10-16-23(5)17-18-26-19-27(29)24(6)25(7)28(26)30/h19-23,29-30H,8-18H2,1-7H3/t21?,22?,23-/m0/s1. The van der Waals surface area contributed by atoms with Crippen molar-refractivity contribution in [3.63, 3.8) is 0 Å². The van der Waals surface area contributed by atoms with Crippen LogP contribution in [0.5, 0.6) is 11.5 Å². The van der Waals surface area contributed by atoms with Crippen LogP contribution >= 0.6 is 0 Å². The van der Waals surface area contributed by atoms with E-state index in [4.69, 9.17) is 0 Å². The van der Waals surface area contributed by atoms with Crippen molar-refractivity contribution in [1.29, 1.82) is 0 Å². The van der Waals surface area contributed by atoms with E-state index in [-0.39, 0.29) is 0 Å². The Hall–Kier alpha value is -1.18. The molecule has 2 N–H and O–H groups in total. The van der Waals surface area contributed by atoms with Crippen LogP contribution in [-0.4, -0.2) is 10.2 Å². The maximum absolute atomic E-state index is 10.3. The van der Waals surface area contributed by atoms with Crippen LogP contribution in [0.3, 0.4) is 0 Å². The number of rotatable bonds is 15. The number of phenols is 2. The molecule has 0 fully saturated rings. The monoisotopic (exact) mass is 418 g/mol. The SMILES string of the molecule is Cc1c(O)cc(CC[C@@H](C)CCCC(C)CCCC(C)CCCC(C)C)c(O)c1C. The molecule has 1 aromatic carbocycles. The fourth-order valence-corrected chi connectivity index (χ4v) is 4.48. The Morgan fingerprint density at radius 3 is 1.53 bits per heavy atom. The average molecular weight is 419 g/mol. The van der Waals surface area contributed by atoms with Crippen LogP contribution in [0.1, 0.15) is 116 Å². The Bertz CT molecular complexity index is 605. The molecular formula is C28H50O2. The zero-order valence-corrected chi connectivity index (χ0v) is 21.1. The van der Waals surface area contributed by atoms with Crippen molar-refractivity contribution in [1.82, 2.24) is 0 Å². The van der Waals surface area contributed by atoms with E-state index in [0.29, 0.717) is 17.4 Å². The van der Waals surface area contributed by atoms with E-state index in [2.05, 4.69) is 34.6 Å². The third-order valence-corrected chi connectivity index (χ3v) is 7.09. The molecule has 174 valence electrons. The van der Waals surface area contributed by atoms with Gasteiger partial charge in [-0.25, -0.2) is 0 Å². The zero-order chi connectivity index (χ0) is 22.7. The van der Waals surface area contributed by atoms with Crippen molar-refractivity contribution in [2.75, 3.05) is 0 Å². The minimum Gasteiger partial charge on any atom is -0.508 e. The molecule has 0 saturated carbocycles. The predicted octanol–water partition coefficient (Wildman–Crippen LogP) is 8.72. The van der Waals surface area contributed by atoms with Crippen LogP contribution in [-0.2, 0) is 6.42 Å². The summed E-state index contributed by atoms with van der Waals surface area (Å²) in [6.45, 7) is 15.6. The summed E-state index contributed by atoms with van der Waals surface area (Å²) in [5, 5.41) is 20.4. The van der Waals surface area contributed by atoms with Gasteiger partial charge in [0.05, 0.1) is 0 Å². The van der Waals surface area contributed by atoms with Gasteiger partial charge < -0.3 is 10.2 Å². The van der Waals surface area contributed by atoms with Gasteiger partial charge in [-0.15, -0.1) is 0 Å². The first-order valence-corrected chi connectivity index (χ1v) is 12.6. The van der Waals surface area contributed by atoms with E-state index in [1.807, 2.05) is 13.8 Å². The topological polar surface area (TPSA) is 40.5 Å². The fourth-order valence-electron chi connectivity index (χ4n) is 4.48. The lowest BCUT2D eigenvalue weighted by atomic mass is 9.90. The number of aryl methyl sites for hydroxylation is 1. The molecule has 1 rings (SSSR count). The minimum absolute atomic E-state index is 0.302. The van der Waals surface area contributed by atoms with Gasteiger partial charge in [0.15, 0.2) is 0 Å². The van der Waals surface area contributed by atoms with Gasteiger partial charge in [0, 0.05) is 0 Å². The second-order valence-electron chi connectivity index (χ2n) is 10.7. The summed E-state index contributed by atoms with van der Waals surface area (Å²) in [5.41, 5.74) is 2.47. The second-order valence-corrected chi connectivity index (χ2v) is 10.7. The molecule has 2 heteroatoms. The van der Waals surface area contributed by atoms with Crippen molar-refractivity contribution >= 4 is 0 Å². The van der Waals surface area contributed by atoms with Gasteiger partial charge in [-0.2, -0.15) is 0 Å². The van der Waals surface area contributed by atoms with Crippen LogP contribution in [0, 0.1) is 37.5 Å². The number of phenolic OH excluding ortho intramolecular Hbond substituents is 2. The molecule has 0 aromatic heterocycles. The molecule has 0 heterocycles. The van der Waals surface area contributed by atoms with Gasteiger partial charge in [-0.1, -0.05) is 92.4 Å². The summed E-state index contributed by atoms with van der Waals surface area (Å²) in [5.74, 6) is 3.89. The first kappa shape index (κ1) is 26.9. The predicted molar refractivity (Wildman–Crippen MR) is 131 cm³/mol. The molecule has 1 aromatic rings. The Labute approximate surface area is 187 Å². The normalized spacial score (nSPS) is 14.8. The summed E-state index contributed by atoms with van der Waals surface area (Å²) in [6, 6.07) is 1.75. The Morgan fingerprint density at radius 2 is 1.07 bits per heavy atom. The third-order valence-electron chi connectivity index (χ3n) is 7.09. The first-order valence-electron chi connectivity index (χ1n) is 12.6. The van der Waals surface area contributed by atoms with E-state index >= 15 is 0 Å². The maximum atomic E-state index is 10.3. The molecule has 2 nitrogen and oxygen atoms in total. The summed E-state index contributed by atoms with van der Waals surface area (Å²) in [4.78, 5) is 0. The minimum atomic E-state index is 0.302. The molecular weight excluding hydrogens is 368 g/mol. The zero-order valence-electron chi connectivity index (χ0n) is 21.1. The molecule has 0 amide bonds. The van der Waals surface area contributed by atoms with Crippen LogP contribution in [0.4, 0.5) is 0 Å². The lowest BCUT2D eigenvalue weighted by Crippen LogP contribution is -2.02. The number of hydrogen-bond donors (Lipinski definition) is 2. The summed E-state index contributed by atoms with van der Waals surface area (Å²) in [6.07, 6.45) is 14.1. The lowest BCUT2D eigenvalue weighted by molar-refractivity contribution is 0.373.